The van der Waals surface area contributed by atoms with Crippen LogP contribution in [-0.4, -0.2) is 35.0 Å². The average Bonchev–Trinajstić information content (AvgIpc) is 3.12. The first-order valence-corrected chi connectivity index (χ1v) is 10.8. The number of benzene rings is 2. The van der Waals surface area contributed by atoms with Crippen LogP contribution in [0.1, 0.15) is 25.7 Å². The Bertz CT molecular complexity index is 971. The highest BCUT2D eigenvalue weighted by molar-refractivity contribution is 7.99. The molecule has 0 saturated carbocycles. The highest BCUT2D eigenvalue weighted by Gasteiger charge is 2.22. The zero-order chi connectivity index (χ0) is 20.1. The van der Waals surface area contributed by atoms with Crippen LogP contribution in [0.15, 0.2) is 57.9 Å². The van der Waals surface area contributed by atoms with Gasteiger partial charge in [0.15, 0.2) is 0 Å². The molecule has 0 N–H and O–H groups in total. The second-order valence-electron chi connectivity index (χ2n) is 6.68. The third kappa shape index (κ3) is 4.62. The van der Waals surface area contributed by atoms with E-state index >= 15 is 0 Å². The van der Waals surface area contributed by atoms with Gasteiger partial charge in [0.1, 0.15) is 5.75 Å². The summed E-state index contributed by atoms with van der Waals surface area (Å²) in [6, 6.07) is 15.6. The van der Waals surface area contributed by atoms with E-state index in [1.807, 2.05) is 54.3 Å². The molecule has 1 aliphatic heterocycles. The minimum Gasteiger partial charge on any atom is -0.494 e. The molecule has 6 nitrogen and oxygen atoms in total. The number of hydrogen-bond acceptors (Lipinski definition) is 6. The van der Waals surface area contributed by atoms with Crippen molar-refractivity contribution >= 4 is 23.4 Å². The molecule has 29 heavy (non-hydrogen) atoms. The number of aryl methyl sites for hydroxylation is 1. The second kappa shape index (κ2) is 9.13. The van der Waals surface area contributed by atoms with Gasteiger partial charge in [-0.15, -0.1) is 11.8 Å². The Morgan fingerprint density at radius 3 is 2.86 bits per heavy atom. The molecule has 0 bridgehead atoms. The van der Waals surface area contributed by atoms with Crippen molar-refractivity contribution in [3.05, 3.63) is 54.4 Å². The van der Waals surface area contributed by atoms with E-state index in [1.165, 1.54) is 0 Å². The van der Waals surface area contributed by atoms with E-state index in [0.29, 0.717) is 31.2 Å². The van der Waals surface area contributed by atoms with Crippen LogP contribution in [-0.2, 0) is 11.2 Å². The second-order valence-corrected chi connectivity index (χ2v) is 7.82. The average molecular weight is 410 g/mol. The molecule has 2 aromatic carbocycles. The molecule has 1 aromatic heterocycles. The Kier molecular flexibility index (Phi) is 6.14. The molecule has 150 valence electrons. The lowest BCUT2D eigenvalue weighted by molar-refractivity contribution is -0.118. The minimum atomic E-state index is 0.0840. The normalized spacial score (nSPS) is 13.6. The molecule has 4 rings (SSSR count). The van der Waals surface area contributed by atoms with Crippen LogP contribution < -0.4 is 9.64 Å². The van der Waals surface area contributed by atoms with Gasteiger partial charge in [-0.3, -0.25) is 4.79 Å². The number of thioether (sulfide) groups is 1. The summed E-state index contributed by atoms with van der Waals surface area (Å²) < 4.78 is 10.8. The number of amides is 1. The van der Waals surface area contributed by atoms with Crippen molar-refractivity contribution in [2.24, 2.45) is 0 Å². The summed E-state index contributed by atoms with van der Waals surface area (Å²) in [5, 5.41) is 4.05. The summed E-state index contributed by atoms with van der Waals surface area (Å²) >= 11 is 1.81. The van der Waals surface area contributed by atoms with Gasteiger partial charge >= 0.3 is 0 Å². The smallest absolute Gasteiger partial charge is 0.227 e. The van der Waals surface area contributed by atoms with Crippen LogP contribution in [0.4, 0.5) is 5.69 Å². The van der Waals surface area contributed by atoms with E-state index in [0.717, 1.165) is 40.6 Å². The van der Waals surface area contributed by atoms with Crippen molar-refractivity contribution in [3.63, 3.8) is 0 Å². The van der Waals surface area contributed by atoms with Gasteiger partial charge < -0.3 is 14.2 Å². The summed E-state index contributed by atoms with van der Waals surface area (Å²) in [4.78, 5) is 20.4. The molecular weight excluding hydrogens is 386 g/mol. The van der Waals surface area contributed by atoms with Gasteiger partial charge in [-0.05, 0) is 55.5 Å². The summed E-state index contributed by atoms with van der Waals surface area (Å²) in [5.74, 6) is 2.91. The first kappa shape index (κ1) is 19.5. The fraction of sp³-hybridized carbons (Fsp3) is 0.318. The Labute approximate surface area is 174 Å². The summed E-state index contributed by atoms with van der Waals surface area (Å²) in [5.41, 5.74) is 1.86. The summed E-state index contributed by atoms with van der Waals surface area (Å²) in [6.45, 7) is 3.31. The molecule has 0 spiro atoms. The first-order valence-electron chi connectivity index (χ1n) is 9.82. The molecular formula is C22H23N3O3S. The molecule has 0 saturated heterocycles. The quantitative estimate of drug-likeness (QED) is 0.593. The number of nitrogens with zero attached hydrogens (tertiary/aromatic N) is 3. The fourth-order valence-corrected chi connectivity index (χ4v) is 4.27. The maximum atomic E-state index is 12.9. The van der Waals surface area contributed by atoms with Crippen molar-refractivity contribution in [2.45, 2.75) is 31.1 Å². The fourth-order valence-electron chi connectivity index (χ4n) is 3.28. The van der Waals surface area contributed by atoms with Gasteiger partial charge in [0.25, 0.3) is 0 Å². The molecule has 0 aliphatic carbocycles. The highest BCUT2D eigenvalue weighted by atomic mass is 32.2. The standard InChI is InChI=1S/C22H23N3O3S/c1-2-27-17-10-8-16(9-11-17)22-23-20(28-24-22)12-13-21(26)25-14-5-15-29-19-7-4-3-6-18(19)25/h3-4,6-11H,2,5,12-15H2,1H3. The van der Waals surface area contributed by atoms with Gasteiger partial charge in [-0.25, -0.2) is 0 Å². The lowest BCUT2D eigenvalue weighted by Gasteiger charge is -2.22. The third-order valence-electron chi connectivity index (χ3n) is 4.69. The van der Waals surface area contributed by atoms with Crippen molar-refractivity contribution < 1.29 is 14.1 Å². The largest absolute Gasteiger partial charge is 0.494 e. The number of carbonyl (C=O) groups is 1. The van der Waals surface area contributed by atoms with E-state index in [-0.39, 0.29) is 5.91 Å². The van der Waals surface area contributed by atoms with Crippen LogP contribution >= 0.6 is 11.8 Å². The van der Waals surface area contributed by atoms with Crippen LogP contribution in [0.5, 0.6) is 5.75 Å². The van der Waals surface area contributed by atoms with Crippen LogP contribution in [0.2, 0.25) is 0 Å². The summed E-state index contributed by atoms with van der Waals surface area (Å²) in [6.07, 6.45) is 1.74. The minimum absolute atomic E-state index is 0.0840. The number of aromatic nitrogens is 2. The van der Waals surface area contributed by atoms with Crippen LogP contribution in [0, 0.1) is 0 Å². The predicted molar refractivity (Wildman–Crippen MR) is 113 cm³/mol. The van der Waals surface area contributed by atoms with E-state index in [1.54, 1.807) is 11.8 Å². The Morgan fingerprint density at radius 1 is 1.21 bits per heavy atom. The van der Waals surface area contributed by atoms with Crippen molar-refractivity contribution in [1.29, 1.82) is 0 Å². The topological polar surface area (TPSA) is 68.5 Å². The van der Waals surface area contributed by atoms with Gasteiger partial charge in [0.2, 0.25) is 17.6 Å². The van der Waals surface area contributed by atoms with Gasteiger partial charge in [0, 0.05) is 29.8 Å². The Hall–Kier alpha value is -2.80. The molecule has 0 unspecified atom stereocenters. The zero-order valence-corrected chi connectivity index (χ0v) is 17.2. The molecule has 0 atom stereocenters. The number of ether oxygens (including phenoxy) is 1. The van der Waals surface area contributed by atoms with Crippen LogP contribution in [0.3, 0.4) is 0 Å². The van der Waals surface area contributed by atoms with E-state index in [4.69, 9.17) is 9.26 Å². The molecule has 3 aromatic rings. The van der Waals surface area contributed by atoms with E-state index in [9.17, 15) is 4.79 Å². The molecule has 1 aliphatic rings. The molecule has 7 heteroatoms. The molecule has 0 radical (unpaired) electrons. The molecule has 1 amide bonds. The van der Waals surface area contributed by atoms with Crippen molar-refractivity contribution in [1.82, 2.24) is 10.1 Å². The number of hydrogen-bond donors (Lipinski definition) is 0. The third-order valence-corrected chi connectivity index (χ3v) is 5.83. The van der Waals surface area contributed by atoms with Crippen molar-refractivity contribution in [3.8, 4) is 17.1 Å². The molecule has 0 fully saturated rings. The number of anilines is 1. The SMILES string of the molecule is CCOc1ccc(-c2noc(CCC(=O)N3CCCSc4ccccc43)n2)cc1. The maximum absolute atomic E-state index is 12.9. The number of carbonyl (C=O) groups excluding carboxylic acids is 1. The predicted octanol–water partition coefficient (Wildman–Crippen LogP) is 4.60. The van der Waals surface area contributed by atoms with Crippen molar-refractivity contribution in [2.75, 3.05) is 23.8 Å². The number of para-hydroxylation sites is 1. The first-order chi connectivity index (χ1) is 14.2. The maximum Gasteiger partial charge on any atom is 0.227 e. The van der Waals surface area contributed by atoms with Crippen LogP contribution in [0.25, 0.3) is 11.4 Å². The van der Waals surface area contributed by atoms with Gasteiger partial charge in [0.05, 0.1) is 12.3 Å². The Balaban J connectivity index is 1.40. The summed E-state index contributed by atoms with van der Waals surface area (Å²) in [7, 11) is 0. The van der Waals surface area contributed by atoms with Gasteiger partial charge in [-0.1, -0.05) is 17.3 Å². The number of fused-ring (bicyclic) bond motifs is 1. The van der Waals surface area contributed by atoms with E-state index in [2.05, 4.69) is 16.2 Å². The zero-order valence-electron chi connectivity index (χ0n) is 16.3. The van der Waals surface area contributed by atoms with E-state index < -0.39 is 0 Å². The highest BCUT2D eigenvalue weighted by Crippen LogP contribution is 2.34. The lowest BCUT2D eigenvalue weighted by atomic mass is 10.2. The lowest BCUT2D eigenvalue weighted by Crippen LogP contribution is -2.32. The number of rotatable bonds is 6. The monoisotopic (exact) mass is 409 g/mol. The van der Waals surface area contributed by atoms with Gasteiger partial charge in [-0.2, -0.15) is 4.98 Å². The Morgan fingerprint density at radius 2 is 2.03 bits per heavy atom. The molecule has 2 heterocycles.